The van der Waals surface area contributed by atoms with Gasteiger partial charge in [-0.1, -0.05) is 11.6 Å². The van der Waals surface area contributed by atoms with Gasteiger partial charge in [-0.05, 0) is 24.3 Å². The highest BCUT2D eigenvalue weighted by Crippen LogP contribution is 2.21. The summed E-state index contributed by atoms with van der Waals surface area (Å²) in [6, 6.07) is 8.07. The fourth-order valence-electron chi connectivity index (χ4n) is 1.36. The molecule has 0 bridgehead atoms. The van der Waals surface area contributed by atoms with E-state index in [1.165, 1.54) is 17.4 Å². The van der Waals surface area contributed by atoms with Gasteiger partial charge in [0.15, 0.2) is 0 Å². The molecule has 5 heteroatoms. The standard InChI is InChI=1S/C12H8ClFN2S/c13-9-4-10(17-7-9)6-16-12-2-1-8(5-15)3-11(12)14/h1-4,7,16H,6H2. The zero-order valence-electron chi connectivity index (χ0n) is 8.71. The van der Waals surface area contributed by atoms with Gasteiger partial charge in [-0.25, -0.2) is 4.39 Å². The van der Waals surface area contributed by atoms with Crippen LogP contribution in [0.1, 0.15) is 10.4 Å². The quantitative estimate of drug-likeness (QED) is 0.911. The van der Waals surface area contributed by atoms with Gasteiger partial charge >= 0.3 is 0 Å². The monoisotopic (exact) mass is 266 g/mol. The van der Waals surface area contributed by atoms with Crippen LogP contribution in [-0.2, 0) is 6.54 Å². The summed E-state index contributed by atoms with van der Waals surface area (Å²) >= 11 is 7.30. The molecule has 0 saturated heterocycles. The van der Waals surface area contributed by atoms with Crippen LogP contribution >= 0.6 is 22.9 Å². The third kappa shape index (κ3) is 2.96. The number of hydrogen-bond donors (Lipinski definition) is 1. The maximum Gasteiger partial charge on any atom is 0.147 e. The van der Waals surface area contributed by atoms with Gasteiger partial charge < -0.3 is 5.32 Å². The van der Waals surface area contributed by atoms with Crippen LogP contribution in [0.25, 0.3) is 0 Å². The smallest absolute Gasteiger partial charge is 0.147 e. The van der Waals surface area contributed by atoms with Crippen molar-refractivity contribution < 1.29 is 4.39 Å². The molecule has 0 fully saturated rings. The van der Waals surface area contributed by atoms with Crippen molar-refractivity contribution in [2.75, 3.05) is 5.32 Å². The predicted molar refractivity (Wildman–Crippen MR) is 67.8 cm³/mol. The lowest BCUT2D eigenvalue weighted by atomic mass is 10.2. The highest BCUT2D eigenvalue weighted by molar-refractivity contribution is 7.10. The summed E-state index contributed by atoms with van der Waals surface area (Å²) in [6.45, 7) is 0.514. The topological polar surface area (TPSA) is 35.8 Å². The lowest BCUT2D eigenvalue weighted by Gasteiger charge is -2.05. The Hall–Kier alpha value is -1.57. The summed E-state index contributed by atoms with van der Waals surface area (Å²) in [6.07, 6.45) is 0. The first-order valence-corrected chi connectivity index (χ1v) is 6.11. The van der Waals surface area contributed by atoms with E-state index in [2.05, 4.69) is 5.32 Å². The molecule has 1 aromatic carbocycles. The second-order valence-electron chi connectivity index (χ2n) is 3.39. The molecule has 2 nitrogen and oxygen atoms in total. The van der Waals surface area contributed by atoms with Crippen molar-refractivity contribution in [3.8, 4) is 6.07 Å². The minimum Gasteiger partial charge on any atom is -0.378 e. The molecule has 0 aliphatic carbocycles. The number of anilines is 1. The normalized spacial score (nSPS) is 9.94. The molecule has 1 N–H and O–H groups in total. The molecule has 0 saturated carbocycles. The highest BCUT2D eigenvalue weighted by atomic mass is 35.5. The van der Waals surface area contributed by atoms with E-state index in [1.54, 1.807) is 12.1 Å². The molecule has 0 spiro atoms. The molecule has 1 aromatic heterocycles. The molecule has 0 atom stereocenters. The average molecular weight is 267 g/mol. The summed E-state index contributed by atoms with van der Waals surface area (Å²) in [5, 5.41) is 14.1. The van der Waals surface area contributed by atoms with Gasteiger partial charge in [-0.15, -0.1) is 11.3 Å². The maximum absolute atomic E-state index is 13.5. The molecule has 0 amide bonds. The van der Waals surface area contributed by atoms with Gasteiger partial charge in [0, 0.05) is 16.8 Å². The second-order valence-corrected chi connectivity index (χ2v) is 4.82. The van der Waals surface area contributed by atoms with Crippen LogP contribution in [0, 0.1) is 17.1 Å². The van der Waals surface area contributed by atoms with Crippen molar-refractivity contribution in [1.29, 1.82) is 5.26 Å². The van der Waals surface area contributed by atoms with Gasteiger partial charge in [-0.2, -0.15) is 5.26 Å². The van der Waals surface area contributed by atoms with Gasteiger partial charge in [-0.3, -0.25) is 0 Å². The summed E-state index contributed by atoms with van der Waals surface area (Å²) < 4.78 is 13.5. The number of nitrogens with one attached hydrogen (secondary N) is 1. The van der Waals surface area contributed by atoms with E-state index in [1.807, 2.05) is 17.5 Å². The molecule has 2 aromatic rings. The number of halogens is 2. The summed E-state index contributed by atoms with van der Waals surface area (Å²) in [5.41, 5.74) is 0.695. The number of nitrogens with zero attached hydrogens (tertiary/aromatic N) is 1. The first-order chi connectivity index (χ1) is 8.19. The van der Waals surface area contributed by atoms with Crippen molar-refractivity contribution in [2.45, 2.75) is 6.54 Å². The third-order valence-electron chi connectivity index (χ3n) is 2.17. The van der Waals surface area contributed by atoms with E-state index in [0.717, 1.165) is 4.88 Å². The Bertz CT molecular complexity index is 574. The predicted octanol–water partition coefficient (Wildman–Crippen LogP) is 4.02. The molecule has 0 radical (unpaired) electrons. The van der Waals surface area contributed by atoms with Crippen molar-refractivity contribution in [2.24, 2.45) is 0 Å². The van der Waals surface area contributed by atoms with E-state index < -0.39 is 5.82 Å². The molecule has 1 heterocycles. The summed E-state index contributed by atoms with van der Waals surface area (Å²) in [5.74, 6) is -0.424. The summed E-state index contributed by atoms with van der Waals surface area (Å²) in [4.78, 5) is 1.03. The third-order valence-corrected chi connectivity index (χ3v) is 3.46. The van der Waals surface area contributed by atoms with Crippen molar-refractivity contribution in [1.82, 2.24) is 0 Å². The first kappa shape index (κ1) is 11.9. The zero-order valence-corrected chi connectivity index (χ0v) is 10.3. The Morgan fingerprint density at radius 1 is 1.41 bits per heavy atom. The van der Waals surface area contributed by atoms with E-state index in [4.69, 9.17) is 16.9 Å². The van der Waals surface area contributed by atoms with Crippen LogP contribution in [0.3, 0.4) is 0 Å². The van der Waals surface area contributed by atoms with E-state index in [9.17, 15) is 4.39 Å². The fourth-order valence-corrected chi connectivity index (χ4v) is 2.37. The first-order valence-electron chi connectivity index (χ1n) is 4.85. The Kier molecular flexibility index (Phi) is 3.62. The molecule has 2 rings (SSSR count). The Morgan fingerprint density at radius 3 is 2.82 bits per heavy atom. The number of hydrogen-bond acceptors (Lipinski definition) is 3. The van der Waals surface area contributed by atoms with Gasteiger partial charge in [0.25, 0.3) is 0 Å². The molecule has 0 unspecified atom stereocenters. The largest absolute Gasteiger partial charge is 0.378 e. The molecule has 0 aliphatic rings. The van der Waals surface area contributed by atoms with Gasteiger partial charge in [0.2, 0.25) is 0 Å². The molecule has 86 valence electrons. The Balaban J connectivity index is 2.07. The number of thiophene rings is 1. The minimum absolute atomic E-state index is 0.312. The minimum atomic E-state index is -0.424. The molecule has 17 heavy (non-hydrogen) atoms. The van der Waals surface area contributed by atoms with E-state index in [-0.39, 0.29) is 0 Å². The van der Waals surface area contributed by atoms with E-state index in [0.29, 0.717) is 22.8 Å². The van der Waals surface area contributed by atoms with Crippen molar-refractivity contribution in [3.63, 3.8) is 0 Å². The number of benzene rings is 1. The highest BCUT2D eigenvalue weighted by Gasteiger charge is 2.04. The van der Waals surface area contributed by atoms with E-state index >= 15 is 0 Å². The van der Waals surface area contributed by atoms with Crippen LogP contribution in [0.2, 0.25) is 5.02 Å². The van der Waals surface area contributed by atoms with Crippen LogP contribution < -0.4 is 5.32 Å². The van der Waals surface area contributed by atoms with Crippen molar-refractivity contribution >= 4 is 28.6 Å². The SMILES string of the molecule is N#Cc1ccc(NCc2cc(Cl)cs2)c(F)c1. The van der Waals surface area contributed by atoms with Crippen LogP contribution in [0.15, 0.2) is 29.6 Å². The van der Waals surface area contributed by atoms with Gasteiger partial charge in [0.1, 0.15) is 5.82 Å². The number of nitriles is 1. The molecule has 0 aliphatic heterocycles. The van der Waals surface area contributed by atoms with Crippen molar-refractivity contribution in [3.05, 3.63) is 50.9 Å². The maximum atomic E-state index is 13.5. The molecular formula is C12H8ClFN2S. The number of rotatable bonds is 3. The van der Waals surface area contributed by atoms with Crippen LogP contribution in [0.5, 0.6) is 0 Å². The average Bonchev–Trinajstić information content (AvgIpc) is 2.73. The molecular weight excluding hydrogens is 259 g/mol. The second kappa shape index (κ2) is 5.17. The fraction of sp³-hybridized carbons (Fsp3) is 0.0833. The summed E-state index contributed by atoms with van der Waals surface area (Å²) in [7, 11) is 0. The van der Waals surface area contributed by atoms with Crippen LogP contribution in [-0.4, -0.2) is 0 Å². The Morgan fingerprint density at radius 2 is 2.24 bits per heavy atom. The zero-order chi connectivity index (χ0) is 12.3. The van der Waals surface area contributed by atoms with Gasteiger partial charge in [0.05, 0.1) is 22.3 Å². The lowest BCUT2D eigenvalue weighted by molar-refractivity contribution is 0.629. The Labute approximate surface area is 107 Å². The van der Waals surface area contributed by atoms with Crippen LogP contribution in [0.4, 0.5) is 10.1 Å². The lowest BCUT2D eigenvalue weighted by Crippen LogP contribution is -2.00.